The second-order valence-corrected chi connectivity index (χ2v) is 15.2. The maximum atomic E-state index is 15.3. The van der Waals surface area contributed by atoms with Crippen molar-refractivity contribution in [1.82, 2.24) is 14.5 Å². The lowest BCUT2D eigenvalue weighted by Crippen LogP contribution is -2.52. The first-order chi connectivity index (χ1) is 25.2. The van der Waals surface area contributed by atoms with E-state index in [2.05, 4.69) is 41.1 Å². The predicted octanol–water partition coefficient (Wildman–Crippen LogP) is 3.81. The van der Waals surface area contributed by atoms with Gasteiger partial charge in [-0.15, -0.1) is 0 Å². The number of carbonyl (C=O) groups excluding carboxylic acids is 1. The number of rotatable bonds is 13. The zero-order chi connectivity index (χ0) is 36.0. The van der Waals surface area contributed by atoms with E-state index in [9.17, 15) is 10.1 Å². The first kappa shape index (κ1) is 35.4. The largest absolute Gasteiger partial charge is 0.449 e. The van der Waals surface area contributed by atoms with Gasteiger partial charge in [0.05, 0.1) is 31.0 Å². The van der Waals surface area contributed by atoms with Crippen LogP contribution in [0, 0.1) is 0 Å². The maximum absolute atomic E-state index is 15.3. The molecule has 11 nitrogen and oxygen atoms in total. The molecule has 8 rings (SSSR count). The van der Waals surface area contributed by atoms with Crippen LogP contribution in [0.2, 0.25) is 6.82 Å². The van der Waals surface area contributed by atoms with E-state index in [0.29, 0.717) is 51.8 Å². The molecule has 5 heterocycles. The lowest BCUT2D eigenvalue weighted by atomic mass is 9.61. The molecule has 2 amide bonds. The van der Waals surface area contributed by atoms with Crippen molar-refractivity contribution < 1.29 is 33.7 Å². The number of aliphatic imine (C=N–C) groups is 1. The van der Waals surface area contributed by atoms with Crippen LogP contribution in [-0.4, -0.2) is 114 Å². The second kappa shape index (κ2) is 14.6. The van der Waals surface area contributed by atoms with E-state index in [4.69, 9.17) is 23.8 Å². The highest BCUT2D eigenvalue weighted by molar-refractivity contribution is 6.78. The van der Waals surface area contributed by atoms with Gasteiger partial charge in [0.2, 0.25) is 0 Å². The Morgan fingerprint density at radius 3 is 1.98 bits per heavy atom. The van der Waals surface area contributed by atoms with Crippen molar-refractivity contribution in [3.8, 4) is 0 Å². The van der Waals surface area contributed by atoms with Crippen LogP contribution in [0.15, 0.2) is 83.9 Å². The van der Waals surface area contributed by atoms with Crippen molar-refractivity contribution in [2.45, 2.75) is 88.9 Å². The van der Waals surface area contributed by atoms with Crippen LogP contribution in [-0.2, 0) is 38.2 Å². The quantitative estimate of drug-likeness (QED) is 0.157. The molecular weight excluding hydrogens is 657 g/mol. The molecule has 0 saturated carbocycles. The van der Waals surface area contributed by atoms with E-state index >= 15 is 4.79 Å². The zero-order valence-electron chi connectivity index (χ0n) is 30.2. The Balaban J connectivity index is 1.20. The van der Waals surface area contributed by atoms with Crippen LogP contribution >= 0.6 is 0 Å². The van der Waals surface area contributed by atoms with Gasteiger partial charge in [-0.25, -0.2) is 4.79 Å². The summed E-state index contributed by atoms with van der Waals surface area (Å²) < 4.78 is 27.2. The fraction of sp³-hybridized carbons (Fsp3) is 0.474. The molecular formula is C38H47B3N4O7. The molecule has 3 aromatic rings. The van der Waals surface area contributed by atoms with Crippen molar-refractivity contribution in [1.29, 1.82) is 0 Å². The number of nitrogens with zero attached hydrogens (tertiary/aromatic N) is 4. The number of hydrogen-bond acceptors (Lipinski definition) is 9. The van der Waals surface area contributed by atoms with Crippen LogP contribution in [0.4, 0.5) is 4.79 Å². The number of fused-ring (bicyclic) bond motifs is 2. The molecule has 14 heteroatoms. The van der Waals surface area contributed by atoms with Crippen molar-refractivity contribution in [3.63, 3.8) is 0 Å². The molecule has 0 aliphatic carbocycles. The van der Waals surface area contributed by atoms with Crippen LogP contribution in [0.5, 0.6) is 0 Å². The summed E-state index contributed by atoms with van der Waals surface area (Å²) in [5.74, 6) is -0.493. The summed E-state index contributed by atoms with van der Waals surface area (Å²) in [5.41, 5.74) is 5.06. The summed E-state index contributed by atoms with van der Waals surface area (Å²) in [6.45, 7) is 7.09. The normalized spacial score (nSPS) is 25.8. The molecule has 1 unspecified atom stereocenters. The summed E-state index contributed by atoms with van der Waals surface area (Å²) in [5, 5.41) is 20.5. The van der Waals surface area contributed by atoms with Gasteiger partial charge in [0, 0.05) is 25.3 Å². The monoisotopic (exact) mass is 704 g/mol. The third-order valence-electron chi connectivity index (χ3n) is 10.8. The van der Waals surface area contributed by atoms with E-state index in [1.54, 1.807) is 6.82 Å². The number of amides is 2. The summed E-state index contributed by atoms with van der Waals surface area (Å²) >= 11 is 0. The van der Waals surface area contributed by atoms with Crippen LogP contribution < -0.4 is 0 Å². The average Bonchev–Trinajstić information content (AvgIpc) is 4.08. The molecule has 0 aromatic heterocycles. The number of hydrogen-bond donors (Lipinski definition) is 2. The molecule has 5 atom stereocenters. The molecule has 5 aliphatic heterocycles. The van der Waals surface area contributed by atoms with Gasteiger partial charge in [-0.1, -0.05) is 79.6 Å². The topological polar surface area (TPSA) is 123 Å². The highest BCUT2D eigenvalue weighted by Gasteiger charge is 2.56. The molecule has 0 radical (unpaired) electrons. The fourth-order valence-corrected chi connectivity index (χ4v) is 8.28. The van der Waals surface area contributed by atoms with Crippen molar-refractivity contribution in [2.24, 2.45) is 4.99 Å². The Kier molecular flexibility index (Phi) is 9.97. The van der Waals surface area contributed by atoms with E-state index < -0.39 is 24.7 Å². The van der Waals surface area contributed by atoms with Gasteiger partial charge in [0.1, 0.15) is 18.0 Å². The number of amidine groups is 1. The number of aliphatic hydroxyl groups is 1. The molecule has 52 heavy (non-hydrogen) atoms. The number of benzene rings is 3. The summed E-state index contributed by atoms with van der Waals surface area (Å²) in [7, 11) is -0.210. The molecule has 3 aromatic carbocycles. The van der Waals surface area contributed by atoms with Crippen LogP contribution in [0.3, 0.4) is 0 Å². The standard InChI is InChI=1S/C38H47B3N4O7/c1-38(2)51-33-31(21-26-12-6-4-7-13-26)43(18-10-11-19-46)37(47)44(32(34(33)52-38)22-27-14-8-5-9-15-27)23-28-16-17-29-30(20-28)36(42-35(29)39(3)48)45(40-24-49-40)41-25-50-41/h4-9,12-17,20,31-35,46,48H,10-11,18-19,21-25H2,1-3H3/t31-,32-,33+,34+,35?/m1/s1. The van der Waals surface area contributed by atoms with E-state index in [0.717, 1.165) is 33.7 Å². The molecule has 5 aliphatic rings. The van der Waals surface area contributed by atoms with Gasteiger partial charge < -0.3 is 43.4 Å². The number of carbonyl (C=O) groups is 1. The average molecular weight is 704 g/mol. The Bertz CT molecular complexity index is 1750. The van der Waals surface area contributed by atoms with Crippen molar-refractivity contribution in [3.05, 3.63) is 107 Å². The molecule has 4 fully saturated rings. The van der Waals surface area contributed by atoms with Crippen molar-refractivity contribution >= 4 is 32.9 Å². The van der Waals surface area contributed by atoms with E-state index in [1.807, 2.05) is 66.1 Å². The number of unbranched alkanes of at least 4 members (excludes halogenated alkanes) is 1. The van der Waals surface area contributed by atoms with E-state index in [1.165, 1.54) is 0 Å². The molecule has 0 spiro atoms. The summed E-state index contributed by atoms with van der Waals surface area (Å²) in [6.07, 6.45) is 1.66. The Morgan fingerprint density at radius 1 is 0.865 bits per heavy atom. The SMILES string of the molecule is CB(O)C1N=C(N(B2CO2)B2CO2)c2cc(CN3C(=O)N(CCCCO)[C@H](Cc4ccccc4)[C@@H]4OC(C)(C)O[C@H]4[C@H]3Cc3ccccc3)ccc21. The Labute approximate surface area is 307 Å². The number of urea groups is 1. The highest BCUT2D eigenvalue weighted by atomic mass is 16.8. The molecule has 2 N–H and O–H groups in total. The Hall–Kier alpha value is -3.65. The minimum Gasteiger partial charge on any atom is -0.449 e. The van der Waals surface area contributed by atoms with Gasteiger partial charge in [-0.05, 0) is 67.9 Å². The zero-order valence-corrected chi connectivity index (χ0v) is 30.2. The minimum atomic E-state index is -0.851. The van der Waals surface area contributed by atoms with Gasteiger partial charge in [0.25, 0.3) is 0 Å². The lowest BCUT2D eigenvalue weighted by Gasteiger charge is -2.37. The maximum Gasteiger partial charge on any atom is 0.430 e. The van der Waals surface area contributed by atoms with Gasteiger partial charge in [0.15, 0.2) is 5.79 Å². The summed E-state index contributed by atoms with van der Waals surface area (Å²) in [4.78, 5) is 24.3. The first-order valence-electron chi connectivity index (χ1n) is 18.7. The fourth-order valence-electron chi connectivity index (χ4n) is 8.28. The smallest absolute Gasteiger partial charge is 0.430 e. The lowest BCUT2D eigenvalue weighted by molar-refractivity contribution is -0.157. The van der Waals surface area contributed by atoms with Crippen LogP contribution in [0.1, 0.15) is 60.4 Å². The highest BCUT2D eigenvalue weighted by Crippen LogP contribution is 2.41. The van der Waals surface area contributed by atoms with Gasteiger partial charge in [-0.2, -0.15) is 0 Å². The van der Waals surface area contributed by atoms with Gasteiger partial charge >= 0.3 is 27.0 Å². The number of aliphatic hydroxyl groups excluding tert-OH is 1. The third kappa shape index (κ3) is 7.29. The summed E-state index contributed by atoms with van der Waals surface area (Å²) in [6, 6.07) is 26.1. The van der Waals surface area contributed by atoms with Gasteiger partial charge in [-0.3, -0.25) is 4.99 Å². The third-order valence-corrected chi connectivity index (χ3v) is 10.8. The van der Waals surface area contributed by atoms with Crippen molar-refractivity contribution in [2.75, 3.05) is 26.2 Å². The molecule has 0 bridgehead atoms. The minimum absolute atomic E-state index is 0.0612. The second-order valence-electron chi connectivity index (χ2n) is 15.2. The van der Waals surface area contributed by atoms with E-state index in [-0.39, 0.29) is 44.9 Å². The first-order valence-corrected chi connectivity index (χ1v) is 18.7. The van der Waals surface area contributed by atoms with Crippen LogP contribution in [0.25, 0.3) is 0 Å². The Morgan fingerprint density at radius 2 is 1.44 bits per heavy atom. The molecule has 4 saturated heterocycles. The molecule has 270 valence electrons. The number of ether oxygens (including phenoxy) is 2. The predicted molar refractivity (Wildman–Crippen MR) is 200 cm³/mol.